The molecule has 0 spiro atoms. The fraction of sp³-hybridized carbons (Fsp3) is 0.368. The van der Waals surface area contributed by atoms with Gasteiger partial charge >= 0.3 is 6.36 Å². The number of hydrogen-bond acceptors (Lipinski definition) is 5. The highest BCUT2D eigenvalue weighted by Crippen LogP contribution is 2.28. The minimum Gasteiger partial charge on any atom is -0.477 e. The maximum Gasteiger partial charge on any atom is 0.573 e. The molecule has 0 aliphatic rings. The molecule has 9 heteroatoms. The number of aromatic nitrogens is 3. The second-order valence-electron chi connectivity index (χ2n) is 6.52. The van der Waals surface area contributed by atoms with Gasteiger partial charge in [0.05, 0.1) is 18.5 Å². The van der Waals surface area contributed by atoms with E-state index in [0.717, 1.165) is 19.4 Å². The lowest BCUT2D eigenvalue weighted by molar-refractivity contribution is -0.274. The standard InChI is InChI=1S/C19H21F3N4O2/c1-25(2)10-3-4-11-27-18-9-8-17-23-13-16(26(17)24-18)14-6-5-7-15(12-14)28-19(20,21)22/h5-9,12-13H,3-4,10-11H2,1-2H3. The smallest absolute Gasteiger partial charge is 0.477 e. The Hall–Kier alpha value is -2.81. The topological polar surface area (TPSA) is 51.9 Å². The van der Waals surface area contributed by atoms with Gasteiger partial charge in [0.25, 0.3) is 0 Å². The minimum absolute atomic E-state index is 0.298. The first kappa shape index (κ1) is 19.9. The van der Waals surface area contributed by atoms with Crippen molar-refractivity contribution in [3.05, 3.63) is 42.6 Å². The highest BCUT2D eigenvalue weighted by Gasteiger charge is 2.31. The minimum atomic E-state index is -4.75. The molecule has 0 amide bonds. The van der Waals surface area contributed by atoms with Crippen LogP contribution in [0.3, 0.4) is 0 Å². The average molecular weight is 394 g/mol. The van der Waals surface area contributed by atoms with E-state index in [4.69, 9.17) is 4.74 Å². The number of rotatable bonds is 8. The Balaban J connectivity index is 1.76. The maximum absolute atomic E-state index is 12.5. The molecule has 28 heavy (non-hydrogen) atoms. The van der Waals surface area contributed by atoms with Crippen molar-refractivity contribution in [2.75, 3.05) is 27.2 Å². The second-order valence-corrected chi connectivity index (χ2v) is 6.52. The van der Waals surface area contributed by atoms with Crippen LogP contribution in [-0.2, 0) is 0 Å². The second kappa shape index (κ2) is 8.47. The number of benzene rings is 1. The van der Waals surface area contributed by atoms with Crippen molar-refractivity contribution in [3.8, 4) is 22.9 Å². The first-order valence-electron chi connectivity index (χ1n) is 8.80. The summed E-state index contributed by atoms with van der Waals surface area (Å²) in [5, 5.41) is 4.41. The lowest BCUT2D eigenvalue weighted by atomic mass is 10.1. The van der Waals surface area contributed by atoms with Crippen LogP contribution in [0.15, 0.2) is 42.6 Å². The van der Waals surface area contributed by atoms with Crippen molar-refractivity contribution in [3.63, 3.8) is 0 Å². The normalized spacial score (nSPS) is 11.9. The van der Waals surface area contributed by atoms with Gasteiger partial charge in [-0.3, -0.25) is 0 Å². The van der Waals surface area contributed by atoms with Crippen molar-refractivity contribution in [1.29, 1.82) is 0 Å². The fourth-order valence-electron chi connectivity index (χ4n) is 2.69. The molecule has 3 rings (SSSR count). The summed E-state index contributed by atoms with van der Waals surface area (Å²) >= 11 is 0. The third-order valence-electron chi connectivity index (χ3n) is 3.95. The largest absolute Gasteiger partial charge is 0.573 e. The molecule has 0 saturated carbocycles. The van der Waals surface area contributed by atoms with Crippen molar-refractivity contribution >= 4 is 5.65 Å². The molecule has 1 aromatic carbocycles. The van der Waals surface area contributed by atoms with Crippen LogP contribution < -0.4 is 9.47 Å². The molecule has 0 fully saturated rings. The molecule has 0 unspecified atom stereocenters. The molecule has 0 atom stereocenters. The summed E-state index contributed by atoms with van der Waals surface area (Å²) in [5.41, 5.74) is 1.61. The Morgan fingerprint density at radius 1 is 1.11 bits per heavy atom. The van der Waals surface area contributed by atoms with Gasteiger partial charge in [-0.2, -0.15) is 0 Å². The quantitative estimate of drug-likeness (QED) is 0.540. The molecule has 0 bridgehead atoms. The van der Waals surface area contributed by atoms with Gasteiger partial charge in [0.15, 0.2) is 5.65 Å². The third-order valence-corrected chi connectivity index (χ3v) is 3.95. The van der Waals surface area contributed by atoms with Crippen LogP contribution in [0, 0.1) is 0 Å². The fourth-order valence-corrected chi connectivity index (χ4v) is 2.69. The number of unbranched alkanes of at least 4 members (excludes halogenated alkanes) is 1. The van der Waals surface area contributed by atoms with Gasteiger partial charge in [-0.05, 0) is 51.7 Å². The summed E-state index contributed by atoms with van der Waals surface area (Å²) < 4.78 is 48.6. The Labute approximate surface area is 160 Å². The van der Waals surface area contributed by atoms with Crippen molar-refractivity contribution in [2.45, 2.75) is 19.2 Å². The number of imidazole rings is 1. The highest BCUT2D eigenvalue weighted by atomic mass is 19.4. The van der Waals surface area contributed by atoms with Gasteiger partial charge in [0.1, 0.15) is 5.75 Å². The van der Waals surface area contributed by atoms with Gasteiger partial charge in [-0.1, -0.05) is 12.1 Å². The Bertz CT molecular complexity index is 925. The van der Waals surface area contributed by atoms with Crippen LogP contribution in [0.2, 0.25) is 0 Å². The van der Waals surface area contributed by atoms with E-state index in [9.17, 15) is 13.2 Å². The number of ether oxygens (including phenoxy) is 2. The van der Waals surface area contributed by atoms with E-state index < -0.39 is 6.36 Å². The van der Waals surface area contributed by atoms with E-state index in [-0.39, 0.29) is 5.75 Å². The molecular formula is C19H21F3N4O2. The first-order valence-corrected chi connectivity index (χ1v) is 8.80. The van der Waals surface area contributed by atoms with E-state index >= 15 is 0 Å². The Kier molecular flexibility index (Phi) is 6.03. The average Bonchev–Trinajstić information content (AvgIpc) is 3.03. The zero-order valence-electron chi connectivity index (χ0n) is 15.6. The van der Waals surface area contributed by atoms with Crippen LogP contribution in [0.4, 0.5) is 13.2 Å². The van der Waals surface area contributed by atoms with Crippen LogP contribution >= 0.6 is 0 Å². The summed E-state index contributed by atoms with van der Waals surface area (Å²) in [6.45, 7) is 1.52. The molecule has 0 radical (unpaired) electrons. The van der Waals surface area contributed by atoms with E-state index in [2.05, 4.69) is 19.7 Å². The van der Waals surface area contributed by atoms with Crippen molar-refractivity contribution in [2.24, 2.45) is 0 Å². The van der Waals surface area contributed by atoms with Gasteiger partial charge in [0, 0.05) is 11.6 Å². The molecule has 2 heterocycles. The van der Waals surface area contributed by atoms with Crippen LogP contribution in [-0.4, -0.2) is 53.1 Å². The third kappa shape index (κ3) is 5.35. The molecule has 6 nitrogen and oxygen atoms in total. The molecule has 3 aromatic rings. The first-order chi connectivity index (χ1) is 13.3. The zero-order chi connectivity index (χ0) is 20.1. The Morgan fingerprint density at radius 3 is 2.68 bits per heavy atom. The zero-order valence-corrected chi connectivity index (χ0v) is 15.6. The lowest BCUT2D eigenvalue weighted by Crippen LogP contribution is -2.17. The molecule has 150 valence electrons. The van der Waals surface area contributed by atoms with Crippen LogP contribution in [0.25, 0.3) is 16.9 Å². The molecule has 2 aromatic heterocycles. The Morgan fingerprint density at radius 2 is 1.93 bits per heavy atom. The summed E-state index contributed by atoms with van der Waals surface area (Å²) in [4.78, 5) is 6.36. The van der Waals surface area contributed by atoms with Gasteiger partial charge in [-0.15, -0.1) is 18.3 Å². The van der Waals surface area contributed by atoms with E-state index in [0.29, 0.717) is 29.4 Å². The number of halogens is 3. The predicted octanol–water partition coefficient (Wildman–Crippen LogP) is 4.02. The van der Waals surface area contributed by atoms with Crippen molar-refractivity contribution < 1.29 is 22.6 Å². The monoisotopic (exact) mass is 394 g/mol. The van der Waals surface area contributed by atoms with Crippen LogP contribution in [0.5, 0.6) is 11.6 Å². The summed E-state index contributed by atoms with van der Waals surface area (Å²) in [7, 11) is 4.04. The number of hydrogen-bond donors (Lipinski definition) is 0. The summed E-state index contributed by atoms with van der Waals surface area (Å²) in [6, 6.07) is 9.18. The van der Waals surface area contributed by atoms with Gasteiger partial charge in [0.2, 0.25) is 5.88 Å². The van der Waals surface area contributed by atoms with Gasteiger partial charge in [-0.25, -0.2) is 9.50 Å². The van der Waals surface area contributed by atoms with Gasteiger partial charge < -0.3 is 14.4 Å². The van der Waals surface area contributed by atoms with Crippen molar-refractivity contribution in [1.82, 2.24) is 19.5 Å². The maximum atomic E-state index is 12.5. The number of alkyl halides is 3. The number of nitrogens with zero attached hydrogens (tertiary/aromatic N) is 4. The molecule has 0 aliphatic heterocycles. The SMILES string of the molecule is CN(C)CCCCOc1ccc2ncc(-c3cccc(OC(F)(F)F)c3)n2n1. The van der Waals surface area contributed by atoms with E-state index in [1.807, 2.05) is 14.1 Å². The predicted molar refractivity (Wildman–Crippen MR) is 98.4 cm³/mol. The van der Waals surface area contributed by atoms with E-state index in [1.165, 1.54) is 18.2 Å². The summed E-state index contributed by atoms with van der Waals surface area (Å²) in [5.74, 6) is 0.132. The molecule has 0 aliphatic carbocycles. The molecule has 0 saturated heterocycles. The van der Waals surface area contributed by atoms with Crippen LogP contribution in [0.1, 0.15) is 12.8 Å². The highest BCUT2D eigenvalue weighted by molar-refractivity contribution is 5.64. The lowest BCUT2D eigenvalue weighted by Gasteiger charge is -2.10. The van der Waals surface area contributed by atoms with E-state index in [1.54, 1.807) is 28.9 Å². The molecular weight excluding hydrogens is 373 g/mol. The summed E-state index contributed by atoms with van der Waals surface area (Å²) in [6.07, 6.45) is -1.29. The molecule has 0 N–H and O–H groups in total. The number of fused-ring (bicyclic) bond motifs is 1.